The molecule has 0 atom stereocenters. The van der Waals surface area contributed by atoms with Gasteiger partial charge in [0.1, 0.15) is 0 Å². The van der Waals surface area contributed by atoms with Crippen molar-refractivity contribution in [3.8, 4) is 0 Å². The first-order chi connectivity index (χ1) is 7.29. The lowest BCUT2D eigenvalue weighted by Crippen LogP contribution is -2.38. The molecule has 84 valence electrons. The second-order valence-corrected chi connectivity index (χ2v) is 4.86. The second kappa shape index (κ2) is 3.49. The Balaban J connectivity index is 1.84. The van der Waals surface area contributed by atoms with Gasteiger partial charge in [-0.1, -0.05) is 0 Å². The van der Waals surface area contributed by atoms with Gasteiger partial charge in [-0.25, -0.2) is 0 Å². The molecule has 3 nitrogen and oxygen atoms in total. The van der Waals surface area contributed by atoms with Crippen LogP contribution in [0.4, 0.5) is 0 Å². The van der Waals surface area contributed by atoms with Gasteiger partial charge >= 0.3 is 0 Å². The van der Waals surface area contributed by atoms with Gasteiger partial charge in [0.25, 0.3) is 0 Å². The van der Waals surface area contributed by atoms with Crippen LogP contribution in [-0.4, -0.2) is 37.5 Å². The van der Waals surface area contributed by atoms with Crippen LogP contribution in [0.15, 0.2) is 11.3 Å². The van der Waals surface area contributed by atoms with Crippen LogP contribution in [0.1, 0.15) is 32.1 Å². The first-order valence-corrected chi connectivity index (χ1v) is 5.99. The van der Waals surface area contributed by atoms with Crippen LogP contribution in [0.2, 0.25) is 0 Å². The van der Waals surface area contributed by atoms with Crippen LogP contribution in [0.5, 0.6) is 0 Å². The molecule has 3 rings (SSSR count). The fraction of sp³-hybridized carbons (Fsp3) is 0.833. The van der Waals surface area contributed by atoms with E-state index in [-0.39, 0.29) is 5.79 Å². The van der Waals surface area contributed by atoms with Crippen molar-refractivity contribution in [3.05, 3.63) is 11.3 Å². The minimum absolute atomic E-state index is 0.239. The summed E-state index contributed by atoms with van der Waals surface area (Å²) < 4.78 is 11.6. The van der Waals surface area contributed by atoms with E-state index in [0.717, 1.165) is 32.5 Å². The third-order valence-electron chi connectivity index (χ3n) is 3.88. The van der Waals surface area contributed by atoms with Crippen molar-refractivity contribution in [2.24, 2.45) is 0 Å². The van der Waals surface area contributed by atoms with Crippen LogP contribution < -0.4 is 0 Å². The molecule has 3 heteroatoms. The lowest BCUT2D eigenvalue weighted by molar-refractivity contribution is -0.165. The van der Waals surface area contributed by atoms with Gasteiger partial charge in [-0.2, -0.15) is 0 Å². The van der Waals surface area contributed by atoms with Crippen LogP contribution in [0, 0.1) is 0 Å². The SMILES string of the molecule is CN1CCCC2=C1CCC1(C2)OCCO1. The molecule has 3 aliphatic rings. The molecule has 0 aromatic rings. The molecule has 0 aromatic carbocycles. The summed E-state index contributed by atoms with van der Waals surface area (Å²) in [6.45, 7) is 2.77. The zero-order valence-electron chi connectivity index (χ0n) is 9.42. The van der Waals surface area contributed by atoms with Gasteiger partial charge in [0.2, 0.25) is 0 Å². The third kappa shape index (κ3) is 1.58. The molecule has 0 aromatic heterocycles. The molecule has 0 saturated carbocycles. The van der Waals surface area contributed by atoms with Crippen LogP contribution in [0.25, 0.3) is 0 Å². The van der Waals surface area contributed by atoms with Gasteiger partial charge < -0.3 is 14.4 Å². The monoisotopic (exact) mass is 209 g/mol. The fourth-order valence-corrected chi connectivity index (χ4v) is 3.10. The lowest BCUT2D eigenvalue weighted by Gasteiger charge is -2.40. The van der Waals surface area contributed by atoms with Crippen molar-refractivity contribution in [1.29, 1.82) is 0 Å². The number of nitrogens with zero attached hydrogens (tertiary/aromatic N) is 1. The Morgan fingerprint density at radius 1 is 1.20 bits per heavy atom. The average Bonchev–Trinajstić information content (AvgIpc) is 2.66. The van der Waals surface area contributed by atoms with Crippen LogP contribution >= 0.6 is 0 Å². The van der Waals surface area contributed by atoms with Crippen molar-refractivity contribution in [2.45, 2.75) is 37.9 Å². The Hall–Kier alpha value is -0.540. The second-order valence-electron chi connectivity index (χ2n) is 4.86. The largest absolute Gasteiger partial charge is 0.378 e. The van der Waals surface area contributed by atoms with Crippen molar-refractivity contribution in [1.82, 2.24) is 4.90 Å². The van der Waals surface area contributed by atoms with E-state index in [2.05, 4.69) is 11.9 Å². The van der Waals surface area contributed by atoms with Gasteiger partial charge in [0, 0.05) is 32.1 Å². The lowest BCUT2D eigenvalue weighted by atomic mass is 9.86. The average molecular weight is 209 g/mol. The van der Waals surface area contributed by atoms with Gasteiger partial charge in [0.15, 0.2) is 5.79 Å². The number of hydrogen-bond acceptors (Lipinski definition) is 3. The Kier molecular flexibility index (Phi) is 2.25. The highest BCUT2D eigenvalue weighted by molar-refractivity contribution is 5.21. The summed E-state index contributed by atoms with van der Waals surface area (Å²) in [5.74, 6) is -0.239. The molecule has 0 amide bonds. The van der Waals surface area contributed by atoms with Crippen LogP contribution in [0.3, 0.4) is 0 Å². The predicted molar refractivity (Wildman–Crippen MR) is 57.4 cm³/mol. The fourth-order valence-electron chi connectivity index (χ4n) is 3.10. The summed E-state index contributed by atoms with van der Waals surface area (Å²) in [5, 5.41) is 0. The zero-order valence-corrected chi connectivity index (χ0v) is 9.42. The van der Waals surface area contributed by atoms with E-state index in [1.807, 2.05) is 0 Å². The van der Waals surface area contributed by atoms with Gasteiger partial charge in [0.05, 0.1) is 13.2 Å². The van der Waals surface area contributed by atoms with E-state index in [9.17, 15) is 0 Å². The highest BCUT2D eigenvalue weighted by Gasteiger charge is 2.41. The maximum absolute atomic E-state index is 5.79. The smallest absolute Gasteiger partial charge is 0.172 e. The third-order valence-corrected chi connectivity index (χ3v) is 3.88. The molecule has 1 spiro atoms. The van der Waals surface area contributed by atoms with Gasteiger partial charge in [-0.3, -0.25) is 0 Å². The van der Waals surface area contributed by atoms with Crippen molar-refractivity contribution in [3.63, 3.8) is 0 Å². The van der Waals surface area contributed by atoms with E-state index >= 15 is 0 Å². The number of hydrogen-bond donors (Lipinski definition) is 0. The van der Waals surface area contributed by atoms with Gasteiger partial charge in [-0.15, -0.1) is 0 Å². The highest BCUT2D eigenvalue weighted by Crippen LogP contribution is 2.42. The standard InChI is InChI=1S/C12H19NO2/c1-13-6-2-3-10-9-12(5-4-11(10)13)14-7-8-15-12/h2-9H2,1H3. The molecule has 15 heavy (non-hydrogen) atoms. The first-order valence-electron chi connectivity index (χ1n) is 5.99. The Labute approximate surface area is 91.0 Å². The van der Waals surface area contributed by atoms with Crippen molar-refractivity contribution >= 4 is 0 Å². The molecular weight excluding hydrogens is 190 g/mol. The summed E-state index contributed by atoms with van der Waals surface area (Å²) in [5.41, 5.74) is 3.14. The summed E-state index contributed by atoms with van der Waals surface area (Å²) in [4.78, 5) is 2.42. The normalized spacial score (nSPS) is 29.8. The molecular formula is C12H19NO2. The summed E-state index contributed by atoms with van der Waals surface area (Å²) in [6.07, 6.45) is 5.70. The van der Waals surface area contributed by atoms with E-state index < -0.39 is 0 Å². The zero-order chi connectivity index (χ0) is 10.3. The van der Waals surface area contributed by atoms with E-state index in [4.69, 9.17) is 9.47 Å². The molecule has 1 aliphatic carbocycles. The summed E-state index contributed by atoms with van der Waals surface area (Å²) >= 11 is 0. The predicted octanol–water partition coefficient (Wildman–Crippen LogP) is 1.89. The minimum atomic E-state index is -0.239. The van der Waals surface area contributed by atoms with Crippen LogP contribution in [-0.2, 0) is 9.47 Å². The van der Waals surface area contributed by atoms with Crippen molar-refractivity contribution < 1.29 is 9.47 Å². The number of rotatable bonds is 0. The molecule has 0 N–H and O–H groups in total. The Bertz CT molecular complexity index is 292. The molecule has 2 heterocycles. The maximum atomic E-state index is 5.79. The minimum Gasteiger partial charge on any atom is -0.378 e. The maximum Gasteiger partial charge on any atom is 0.172 e. The molecule has 1 saturated heterocycles. The first kappa shape index (κ1) is 9.67. The summed E-state index contributed by atoms with van der Waals surface area (Å²) in [7, 11) is 2.21. The number of ether oxygens (including phenoxy) is 2. The molecule has 0 unspecified atom stereocenters. The van der Waals surface area contributed by atoms with Crippen molar-refractivity contribution in [2.75, 3.05) is 26.8 Å². The quantitative estimate of drug-likeness (QED) is 0.608. The summed E-state index contributed by atoms with van der Waals surface area (Å²) in [6, 6.07) is 0. The molecule has 1 fully saturated rings. The molecule has 0 bridgehead atoms. The topological polar surface area (TPSA) is 21.7 Å². The Morgan fingerprint density at radius 2 is 2.00 bits per heavy atom. The Morgan fingerprint density at radius 3 is 2.80 bits per heavy atom. The number of allylic oxidation sites excluding steroid dienone is 1. The van der Waals surface area contributed by atoms with E-state index in [1.165, 1.54) is 19.4 Å². The molecule has 0 radical (unpaired) electrons. The molecule has 2 aliphatic heterocycles. The van der Waals surface area contributed by atoms with E-state index in [1.54, 1.807) is 11.3 Å². The van der Waals surface area contributed by atoms with E-state index in [0.29, 0.717) is 0 Å². The van der Waals surface area contributed by atoms with Gasteiger partial charge in [-0.05, 0) is 24.8 Å². The highest BCUT2D eigenvalue weighted by atomic mass is 16.7.